The molecule has 2 rings (SSSR count). The van der Waals surface area contributed by atoms with Crippen LogP contribution in [0.25, 0.3) is 0 Å². The van der Waals surface area contributed by atoms with Gasteiger partial charge in [-0.15, -0.1) is 0 Å². The molecule has 1 aromatic carbocycles. The number of rotatable bonds is 6. The highest BCUT2D eigenvalue weighted by Crippen LogP contribution is 2.19. The molecule has 0 spiro atoms. The van der Waals surface area contributed by atoms with Crippen LogP contribution in [0.15, 0.2) is 24.3 Å². The molecule has 1 aliphatic rings. The second-order valence-electron chi connectivity index (χ2n) is 6.49. The topological polar surface area (TPSA) is 96.2 Å². The molecule has 6 nitrogen and oxygen atoms in total. The highest BCUT2D eigenvalue weighted by atomic mass is 16.2. The molecular formula is C17H26N4O2. The monoisotopic (exact) mass is 318 g/mol. The summed E-state index contributed by atoms with van der Waals surface area (Å²) in [6.07, 6.45) is 2.12. The second-order valence-corrected chi connectivity index (χ2v) is 6.49. The van der Waals surface area contributed by atoms with Crippen LogP contribution in [0.5, 0.6) is 0 Å². The number of carbonyl (C=O) groups is 2. The summed E-state index contributed by atoms with van der Waals surface area (Å²) < 4.78 is 0. The normalized spacial score (nSPS) is 16.6. The predicted octanol–water partition coefficient (Wildman–Crippen LogP) is 2.13. The van der Waals surface area contributed by atoms with Crippen LogP contribution < -0.4 is 21.7 Å². The number of amides is 3. The standard InChI is InChI=1S/C17H26N4O2/c1-10(2)15(18)16(22)19-11(3)12-4-6-13(7-5-12)20-17(23)21-14-8-9-14/h4-7,10-11,14-15H,8-9,18H2,1-3H3,(H,19,22)(H2,20,21,23)/t11?,15-/m0/s1. The van der Waals surface area contributed by atoms with E-state index < -0.39 is 6.04 Å². The van der Waals surface area contributed by atoms with Crippen LogP contribution in [-0.2, 0) is 4.79 Å². The van der Waals surface area contributed by atoms with E-state index in [4.69, 9.17) is 5.73 Å². The zero-order chi connectivity index (χ0) is 17.0. The lowest BCUT2D eigenvalue weighted by molar-refractivity contribution is -0.123. The number of nitrogens with two attached hydrogens (primary N) is 1. The Bertz CT molecular complexity index is 552. The average molecular weight is 318 g/mol. The van der Waals surface area contributed by atoms with Gasteiger partial charge in [0, 0.05) is 11.7 Å². The molecule has 2 atom stereocenters. The molecule has 0 bridgehead atoms. The zero-order valence-electron chi connectivity index (χ0n) is 13.9. The maximum Gasteiger partial charge on any atom is 0.319 e. The molecular weight excluding hydrogens is 292 g/mol. The molecule has 126 valence electrons. The van der Waals surface area contributed by atoms with Gasteiger partial charge in [0.25, 0.3) is 0 Å². The van der Waals surface area contributed by atoms with Crippen molar-refractivity contribution in [3.63, 3.8) is 0 Å². The first-order valence-corrected chi connectivity index (χ1v) is 8.10. The summed E-state index contributed by atoms with van der Waals surface area (Å²) >= 11 is 0. The van der Waals surface area contributed by atoms with Gasteiger partial charge in [-0.05, 0) is 43.4 Å². The fraction of sp³-hybridized carbons (Fsp3) is 0.529. The smallest absolute Gasteiger partial charge is 0.319 e. The van der Waals surface area contributed by atoms with Crippen LogP contribution in [0.2, 0.25) is 0 Å². The highest BCUT2D eigenvalue weighted by Gasteiger charge is 2.23. The second kappa shape index (κ2) is 7.46. The molecule has 1 saturated carbocycles. The van der Waals surface area contributed by atoms with Gasteiger partial charge in [0.05, 0.1) is 12.1 Å². The number of hydrogen-bond acceptors (Lipinski definition) is 3. The Morgan fingerprint density at radius 2 is 1.74 bits per heavy atom. The van der Waals surface area contributed by atoms with Crippen molar-refractivity contribution in [3.05, 3.63) is 29.8 Å². The molecule has 0 aliphatic heterocycles. The van der Waals surface area contributed by atoms with Crippen LogP contribution in [-0.4, -0.2) is 24.0 Å². The zero-order valence-corrected chi connectivity index (χ0v) is 13.9. The molecule has 0 heterocycles. The highest BCUT2D eigenvalue weighted by molar-refractivity contribution is 5.89. The van der Waals surface area contributed by atoms with E-state index in [1.807, 2.05) is 45.0 Å². The quantitative estimate of drug-likeness (QED) is 0.647. The van der Waals surface area contributed by atoms with Gasteiger partial charge in [0.2, 0.25) is 5.91 Å². The van der Waals surface area contributed by atoms with Gasteiger partial charge < -0.3 is 21.7 Å². The van der Waals surface area contributed by atoms with E-state index in [2.05, 4.69) is 16.0 Å². The molecule has 23 heavy (non-hydrogen) atoms. The molecule has 1 aliphatic carbocycles. The lowest BCUT2D eigenvalue weighted by Crippen LogP contribution is -2.44. The van der Waals surface area contributed by atoms with Crippen molar-refractivity contribution in [2.24, 2.45) is 11.7 Å². The Balaban J connectivity index is 1.87. The van der Waals surface area contributed by atoms with Crippen molar-refractivity contribution in [2.45, 2.75) is 51.7 Å². The number of hydrogen-bond donors (Lipinski definition) is 4. The van der Waals surface area contributed by atoms with Gasteiger partial charge in [-0.3, -0.25) is 4.79 Å². The number of carbonyl (C=O) groups excluding carboxylic acids is 2. The summed E-state index contributed by atoms with van der Waals surface area (Å²) in [5, 5.41) is 8.57. The summed E-state index contributed by atoms with van der Waals surface area (Å²) in [6.45, 7) is 5.75. The molecule has 6 heteroatoms. The summed E-state index contributed by atoms with van der Waals surface area (Å²) in [5.74, 6) is -0.0581. The minimum Gasteiger partial charge on any atom is -0.348 e. The fourth-order valence-corrected chi connectivity index (χ4v) is 2.13. The Morgan fingerprint density at radius 3 is 2.26 bits per heavy atom. The van der Waals surface area contributed by atoms with Crippen LogP contribution in [0, 0.1) is 5.92 Å². The number of nitrogens with one attached hydrogen (secondary N) is 3. The Labute approximate surface area is 137 Å². The van der Waals surface area contributed by atoms with Gasteiger partial charge in [-0.2, -0.15) is 0 Å². The molecule has 1 fully saturated rings. The summed E-state index contributed by atoms with van der Waals surface area (Å²) in [4.78, 5) is 23.7. The third kappa shape index (κ3) is 5.25. The van der Waals surface area contributed by atoms with Gasteiger partial charge in [0.15, 0.2) is 0 Å². The van der Waals surface area contributed by atoms with E-state index in [0.29, 0.717) is 6.04 Å². The van der Waals surface area contributed by atoms with E-state index in [1.165, 1.54) is 0 Å². The first-order chi connectivity index (χ1) is 10.9. The first kappa shape index (κ1) is 17.3. The van der Waals surface area contributed by atoms with Crippen molar-refractivity contribution < 1.29 is 9.59 Å². The van der Waals surface area contributed by atoms with E-state index in [0.717, 1.165) is 24.1 Å². The van der Waals surface area contributed by atoms with Crippen LogP contribution in [0.1, 0.15) is 45.2 Å². The SMILES string of the molecule is CC(NC(=O)[C@@H](N)C(C)C)c1ccc(NC(=O)NC2CC2)cc1. The number of urea groups is 1. The summed E-state index contributed by atoms with van der Waals surface area (Å²) in [5.41, 5.74) is 7.53. The van der Waals surface area contributed by atoms with E-state index >= 15 is 0 Å². The first-order valence-electron chi connectivity index (χ1n) is 8.10. The van der Waals surface area contributed by atoms with E-state index in [-0.39, 0.29) is 23.9 Å². The van der Waals surface area contributed by atoms with E-state index in [9.17, 15) is 9.59 Å². The lowest BCUT2D eigenvalue weighted by Gasteiger charge is -2.20. The third-order valence-electron chi connectivity index (χ3n) is 3.96. The maximum absolute atomic E-state index is 12.0. The Hall–Kier alpha value is -2.08. The number of benzene rings is 1. The maximum atomic E-state index is 12.0. The third-order valence-corrected chi connectivity index (χ3v) is 3.96. The van der Waals surface area contributed by atoms with Gasteiger partial charge in [-0.1, -0.05) is 26.0 Å². The minimum absolute atomic E-state index is 0.0961. The van der Waals surface area contributed by atoms with E-state index in [1.54, 1.807) is 0 Å². The molecule has 1 aromatic rings. The predicted molar refractivity (Wildman–Crippen MR) is 91.0 cm³/mol. The van der Waals surface area contributed by atoms with Gasteiger partial charge in [-0.25, -0.2) is 4.79 Å². The lowest BCUT2D eigenvalue weighted by atomic mass is 10.0. The Kier molecular flexibility index (Phi) is 5.60. The number of anilines is 1. The van der Waals surface area contributed by atoms with Crippen molar-refractivity contribution >= 4 is 17.6 Å². The molecule has 5 N–H and O–H groups in total. The van der Waals surface area contributed by atoms with Crippen molar-refractivity contribution in [1.82, 2.24) is 10.6 Å². The summed E-state index contributed by atoms with van der Waals surface area (Å²) in [7, 11) is 0. The average Bonchev–Trinajstić information content (AvgIpc) is 3.30. The molecule has 0 saturated heterocycles. The minimum atomic E-state index is -0.510. The van der Waals surface area contributed by atoms with Crippen LogP contribution >= 0.6 is 0 Å². The molecule has 1 unspecified atom stereocenters. The van der Waals surface area contributed by atoms with Crippen LogP contribution in [0.4, 0.5) is 10.5 Å². The summed E-state index contributed by atoms with van der Waals surface area (Å²) in [6, 6.07) is 6.93. The van der Waals surface area contributed by atoms with Crippen LogP contribution in [0.3, 0.4) is 0 Å². The molecule has 0 aromatic heterocycles. The van der Waals surface area contributed by atoms with Gasteiger partial charge in [0.1, 0.15) is 0 Å². The molecule has 3 amide bonds. The van der Waals surface area contributed by atoms with Crippen molar-refractivity contribution in [1.29, 1.82) is 0 Å². The largest absolute Gasteiger partial charge is 0.348 e. The Morgan fingerprint density at radius 1 is 1.13 bits per heavy atom. The molecule has 0 radical (unpaired) electrons. The van der Waals surface area contributed by atoms with Crippen molar-refractivity contribution in [2.75, 3.05) is 5.32 Å². The van der Waals surface area contributed by atoms with Crippen molar-refractivity contribution in [3.8, 4) is 0 Å². The fourth-order valence-electron chi connectivity index (χ4n) is 2.13. The van der Waals surface area contributed by atoms with Gasteiger partial charge >= 0.3 is 6.03 Å².